The molecule has 0 aromatic heterocycles. The van der Waals surface area contributed by atoms with Gasteiger partial charge in [-0.2, -0.15) is 0 Å². The Balaban J connectivity index is 2.20. The smallest absolute Gasteiger partial charge is 0.334 e. The summed E-state index contributed by atoms with van der Waals surface area (Å²) in [6, 6.07) is 0. The molecule has 86 valence electrons. The molecule has 0 amide bonds. The van der Waals surface area contributed by atoms with Crippen molar-refractivity contribution in [2.24, 2.45) is 0 Å². The normalized spacial score (nSPS) is 16.9. The summed E-state index contributed by atoms with van der Waals surface area (Å²) in [6.45, 7) is 3.73. The number of rotatable bonds is 5. The lowest BCUT2D eigenvalue weighted by atomic mass is 10.3. The molecular formula is C11H20N2O2. The summed E-state index contributed by atoms with van der Waals surface area (Å²) in [7, 11) is 5.57. The van der Waals surface area contributed by atoms with E-state index in [0.717, 1.165) is 38.2 Å². The molecule has 4 heteroatoms. The summed E-state index contributed by atoms with van der Waals surface area (Å²) in [5, 5.41) is 0. The van der Waals surface area contributed by atoms with E-state index in [-0.39, 0.29) is 5.97 Å². The van der Waals surface area contributed by atoms with Crippen LogP contribution in [0.15, 0.2) is 11.6 Å². The van der Waals surface area contributed by atoms with Gasteiger partial charge in [0.1, 0.15) is 0 Å². The summed E-state index contributed by atoms with van der Waals surface area (Å²) >= 11 is 0. The van der Waals surface area contributed by atoms with Crippen molar-refractivity contribution in [1.82, 2.24) is 9.80 Å². The lowest BCUT2D eigenvalue weighted by molar-refractivity contribution is -0.136. The van der Waals surface area contributed by atoms with Crippen LogP contribution in [-0.2, 0) is 9.53 Å². The van der Waals surface area contributed by atoms with E-state index in [0.29, 0.717) is 0 Å². The Bertz CT molecular complexity index is 249. The van der Waals surface area contributed by atoms with E-state index in [1.807, 2.05) is 6.08 Å². The molecule has 0 fully saturated rings. The maximum absolute atomic E-state index is 11.2. The van der Waals surface area contributed by atoms with Gasteiger partial charge in [0.25, 0.3) is 0 Å². The highest BCUT2D eigenvalue weighted by atomic mass is 16.5. The van der Waals surface area contributed by atoms with Crippen molar-refractivity contribution >= 4 is 5.97 Å². The number of hydrogen-bond donors (Lipinski definition) is 0. The zero-order chi connectivity index (χ0) is 11.3. The Kier molecular flexibility index (Phi) is 4.78. The maximum Gasteiger partial charge on any atom is 0.334 e. The fourth-order valence-corrected chi connectivity index (χ4v) is 1.67. The number of ether oxygens (including phenoxy) is 1. The molecule has 4 nitrogen and oxygen atoms in total. The molecule has 0 radical (unpaired) electrons. The van der Waals surface area contributed by atoms with Crippen molar-refractivity contribution in [1.29, 1.82) is 0 Å². The number of esters is 1. The van der Waals surface area contributed by atoms with Crippen molar-refractivity contribution in [3.05, 3.63) is 11.6 Å². The second-order valence-electron chi connectivity index (χ2n) is 4.11. The lowest BCUT2D eigenvalue weighted by Gasteiger charge is -2.17. The minimum atomic E-state index is -0.190. The van der Waals surface area contributed by atoms with Crippen molar-refractivity contribution in [3.63, 3.8) is 0 Å². The third-order valence-corrected chi connectivity index (χ3v) is 2.52. The average Bonchev–Trinajstić information content (AvgIpc) is 2.65. The molecule has 0 aliphatic carbocycles. The van der Waals surface area contributed by atoms with E-state index in [1.54, 1.807) is 0 Å². The summed E-state index contributed by atoms with van der Waals surface area (Å²) in [6.07, 6.45) is 3.09. The number of nitrogens with zero attached hydrogens (tertiary/aromatic N) is 2. The number of carbonyl (C=O) groups is 1. The monoisotopic (exact) mass is 212 g/mol. The largest absolute Gasteiger partial charge is 0.466 e. The molecule has 0 aromatic carbocycles. The maximum atomic E-state index is 11.2. The molecule has 0 atom stereocenters. The highest BCUT2D eigenvalue weighted by Crippen LogP contribution is 2.10. The third-order valence-electron chi connectivity index (χ3n) is 2.52. The highest BCUT2D eigenvalue weighted by molar-refractivity contribution is 5.89. The average molecular weight is 212 g/mol. The second-order valence-corrected chi connectivity index (χ2v) is 4.11. The molecule has 1 heterocycles. The summed E-state index contributed by atoms with van der Waals surface area (Å²) in [5.74, 6) is -0.190. The van der Waals surface area contributed by atoms with Gasteiger partial charge in [-0.3, -0.25) is 4.90 Å². The topological polar surface area (TPSA) is 32.8 Å². The molecule has 0 N–H and O–H groups in total. The van der Waals surface area contributed by atoms with E-state index in [2.05, 4.69) is 28.6 Å². The first-order chi connectivity index (χ1) is 7.13. The Morgan fingerprint density at radius 2 is 2.33 bits per heavy atom. The van der Waals surface area contributed by atoms with E-state index < -0.39 is 0 Å². The molecule has 1 rings (SSSR count). The van der Waals surface area contributed by atoms with Gasteiger partial charge in [-0.1, -0.05) is 6.08 Å². The first kappa shape index (κ1) is 12.2. The highest BCUT2D eigenvalue weighted by Gasteiger charge is 2.19. The van der Waals surface area contributed by atoms with Crippen LogP contribution < -0.4 is 0 Å². The molecule has 0 saturated carbocycles. The SMILES string of the molecule is COC(=O)C1=CCN(CCCN(C)C)C1. The van der Waals surface area contributed by atoms with Crippen LogP contribution in [0.5, 0.6) is 0 Å². The number of methoxy groups -OCH3 is 1. The van der Waals surface area contributed by atoms with Crippen LogP contribution in [0.1, 0.15) is 6.42 Å². The molecule has 0 unspecified atom stereocenters. The van der Waals surface area contributed by atoms with E-state index in [1.165, 1.54) is 7.11 Å². The third kappa shape index (κ3) is 4.01. The molecule has 1 aliphatic heterocycles. The zero-order valence-corrected chi connectivity index (χ0v) is 9.82. The second kappa shape index (κ2) is 5.88. The number of carbonyl (C=O) groups excluding carboxylic acids is 1. The minimum absolute atomic E-state index is 0.190. The van der Waals surface area contributed by atoms with Crippen molar-refractivity contribution in [2.45, 2.75) is 6.42 Å². The Morgan fingerprint density at radius 3 is 2.93 bits per heavy atom. The van der Waals surface area contributed by atoms with Crippen LogP contribution in [0.25, 0.3) is 0 Å². The Hall–Kier alpha value is -0.870. The van der Waals surface area contributed by atoms with Crippen molar-refractivity contribution in [3.8, 4) is 0 Å². The first-order valence-electron chi connectivity index (χ1n) is 5.28. The summed E-state index contributed by atoms with van der Waals surface area (Å²) in [5.41, 5.74) is 0.794. The van der Waals surface area contributed by atoms with Gasteiger partial charge in [0.2, 0.25) is 0 Å². The fourth-order valence-electron chi connectivity index (χ4n) is 1.67. The molecule has 0 saturated heterocycles. The van der Waals surface area contributed by atoms with Gasteiger partial charge in [-0.25, -0.2) is 4.79 Å². The van der Waals surface area contributed by atoms with Gasteiger partial charge in [0, 0.05) is 25.2 Å². The Labute approximate surface area is 91.5 Å². The lowest BCUT2D eigenvalue weighted by Crippen LogP contribution is -2.26. The van der Waals surface area contributed by atoms with Crippen LogP contribution >= 0.6 is 0 Å². The van der Waals surface area contributed by atoms with Crippen molar-refractivity contribution in [2.75, 3.05) is 47.4 Å². The van der Waals surface area contributed by atoms with E-state index >= 15 is 0 Å². The van der Waals surface area contributed by atoms with Crippen LogP contribution in [0.3, 0.4) is 0 Å². The van der Waals surface area contributed by atoms with Gasteiger partial charge in [-0.05, 0) is 27.1 Å². The van der Waals surface area contributed by atoms with Crippen LogP contribution in [-0.4, -0.2) is 63.2 Å². The molecule has 0 spiro atoms. The molecular weight excluding hydrogens is 192 g/mol. The molecule has 15 heavy (non-hydrogen) atoms. The molecule has 0 aromatic rings. The van der Waals surface area contributed by atoms with Gasteiger partial charge < -0.3 is 9.64 Å². The van der Waals surface area contributed by atoms with Crippen molar-refractivity contribution < 1.29 is 9.53 Å². The summed E-state index contributed by atoms with van der Waals surface area (Å²) in [4.78, 5) is 15.6. The minimum Gasteiger partial charge on any atom is -0.466 e. The first-order valence-corrected chi connectivity index (χ1v) is 5.28. The van der Waals surface area contributed by atoms with Gasteiger partial charge in [-0.15, -0.1) is 0 Å². The molecule has 0 bridgehead atoms. The van der Waals surface area contributed by atoms with Gasteiger partial charge in [0.15, 0.2) is 0 Å². The van der Waals surface area contributed by atoms with E-state index in [4.69, 9.17) is 0 Å². The quantitative estimate of drug-likeness (QED) is 0.616. The Morgan fingerprint density at radius 1 is 1.60 bits per heavy atom. The van der Waals surface area contributed by atoms with Gasteiger partial charge >= 0.3 is 5.97 Å². The van der Waals surface area contributed by atoms with Crippen LogP contribution in [0.2, 0.25) is 0 Å². The van der Waals surface area contributed by atoms with Crippen LogP contribution in [0.4, 0.5) is 0 Å². The zero-order valence-electron chi connectivity index (χ0n) is 9.82. The standard InChI is InChI=1S/C11H20N2O2/c1-12(2)6-4-7-13-8-5-10(9-13)11(14)15-3/h5H,4,6-9H2,1-3H3. The fraction of sp³-hybridized carbons (Fsp3) is 0.727. The summed E-state index contributed by atoms with van der Waals surface area (Å²) < 4.78 is 4.68. The predicted molar refractivity (Wildman–Crippen MR) is 59.7 cm³/mol. The van der Waals surface area contributed by atoms with E-state index in [9.17, 15) is 4.79 Å². The number of hydrogen-bond acceptors (Lipinski definition) is 4. The van der Waals surface area contributed by atoms with Gasteiger partial charge in [0.05, 0.1) is 7.11 Å². The predicted octanol–water partition coefficient (Wildman–Crippen LogP) is 0.353. The van der Waals surface area contributed by atoms with Crippen LogP contribution in [0, 0.1) is 0 Å². The molecule has 1 aliphatic rings.